The van der Waals surface area contributed by atoms with Gasteiger partial charge in [-0.2, -0.15) is 0 Å². The normalized spacial score (nSPS) is 14.7. The van der Waals surface area contributed by atoms with Crippen LogP contribution in [0, 0.1) is 0 Å². The minimum atomic E-state index is -0.155. The highest BCUT2D eigenvalue weighted by Gasteiger charge is 2.25. The Hall–Kier alpha value is -1.29. The smallest absolute Gasteiger partial charge is 0.272 e. The number of pyridine rings is 1. The first-order chi connectivity index (χ1) is 7.58. The Kier molecular flexibility index (Phi) is 3.01. The molecule has 0 unspecified atom stereocenters. The number of nitrogens with zero attached hydrogens (tertiary/aromatic N) is 2. The largest absolute Gasteiger partial charge is 0.489 e. The van der Waals surface area contributed by atoms with Crippen molar-refractivity contribution in [3.05, 3.63) is 23.0 Å². The van der Waals surface area contributed by atoms with Gasteiger partial charge in [0.05, 0.1) is 12.3 Å². The van der Waals surface area contributed by atoms with Gasteiger partial charge < -0.3 is 9.64 Å². The summed E-state index contributed by atoms with van der Waals surface area (Å²) in [6.07, 6.45) is 3.81. The van der Waals surface area contributed by atoms with Crippen LogP contribution in [0.15, 0.2) is 12.3 Å². The standard InChI is InChI=1S/C11H13ClN2O2/c1-14(2)11(15)9-5-10(8(12)6-13-9)16-7-3-4-7/h5-7H,3-4H2,1-2H3. The molecule has 1 aromatic heterocycles. The minimum Gasteiger partial charge on any atom is -0.489 e. The van der Waals surface area contributed by atoms with Crippen LogP contribution < -0.4 is 4.74 Å². The molecule has 0 aliphatic heterocycles. The molecule has 0 atom stereocenters. The molecule has 2 rings (SSSR count). The number of ether oxygens (including phenoxy) is 1. The molecule has 1 heterocycles. The van der Waals surface area contributed by atoms with Gasteiger partial charge in [0.2, 0.25) is 0 Å². The fraction of sp³-hybridized carbons (Fsp3) is 0.455. The predicted octanol–water partition coefficient (Wildman–Crippen LogP) is 1.98. The first kappa shape index (κ1) is 11.2. The number of rotatable bonds is 3. The Morgan fingerprint density at radius 3 is 2.81 bits per heavy atom. The first-order valence-electron chi connectivity index (χ1n) is 5.12. The Morgan fingerprint density at radius 1 is 1.56 bits per heavy atom. The van der Waals surface area contributed by atoms with E-state index in [0.717, 1.165) is 12.8 Å². The lowest BCUT2D eigenvalue weighted by atomic mass is 10.3. The van der Waals surface area contributed by atoms with Crippen LogP contribution in [0.5, 0.6) is 5.75 Å². The van der Waals surface area contributed by atoms with E-state index in [9.17, 15) is 4.79 Å². The monoisotopic (exact) mass is 240 g/mol. The maximum absolute atomic E-state index is 11.7. The van der Waals surface area contributed by atoms with Crippen molar-refractivity contribution in [2.45, 2.75) is 18.9 Å². The molecule has 0 spiro atoms. The van der Waals surface area contributed by atoms with Gasteiger partial charge in [0.25, 0.3) is 5.91 Å². The molecule has 1 amide bonds. The zero-order chi connectivity index (χ0) is 11.7. The Morgan fingerprint density at radius 2 is 2.25 bits per heavy atom. The van der Waals surface area contributed by atoms with Gasteiger partial charge in [0, 0.05) is 20.2 Å². The molecule has 1 saturated carbocycles. The maximum Gasteiger partial charge on any atom is 0.272 e. The van der Waals surface area contributed by atoms with E-state index >= 15 is 0 Å². The molecule has 0 saturated heterocycles. The summed E-state index contributed by atoms with van der Waals surface area (Å²) in [5.74, 6) is 0.390. The van der Waals surface area contributed by atoms with Crippen LogP contribution in [0.25, 0.3) is 0 Å². The van der Waals surface area contributed by atoms with E-state index in [1.54, 1.807) is 20.2 Å². The van der Waals surface area contributed by atoms with Crippen LogP contribution in [0.4, 0.5) is 0 Å². The molecule has 1 aliphatic rings. The summed E-state index contributed by atoms with van der Waals surface area (Å²) in [5, 5.41) is 0.446. The third-order valence-electron chi connectivity index (χ3n) is 2.26. The van der Waals surface area contributed by atoms with E-state index in [1.807, 2.05) is 0 Å². The Balaban J connectivity index is 2.23. The van der Waals surface area contributed by atoms with Crippen molar-refractivity contribution in [3.8, 4) is 5.75 Å². The molecule has 1 aromatic rings. The summed E-state index contributed by atoms with van der Waals surface area (Å²) >= 11 is 5.94. The van der Waals surface area contributed by atoms with Gasteiger partial charge in [-0.05, 0) is 12.8 Å². The zero-order valence-electron chi connectivity index (χ0n) is 9.24. The van der Waals surface area contributed by atoms with Crippen molar-refractivity contribution in [2.24, 2.45) is 0 Å². The molecular weight excluding hydrogens is 228 g/mol. The van der Waals surface area contributed by atoms with Gasteiger partial charge in [-0.1, -0.05) is 11.6 Å². The van der Waals surface area contributed by atoms with Crippen LogP contribution >= 0.6 is 11.6 Å². The third kappa shape index (κ3) is 2.44. The number of aromatic nitrogens is 1. The second kappa shape index (κ2) is 4.29. The second-order valence-electron chi connectivity index (χ2n) is 4.02. The molecular formula is C11H13ClN2O2. The number of halogens is 1. The molecule has 0 radical (unpaired) electrons. The van der Waals surface area contributed by atoms with E-state index in [0.29, 0.717) is 16.5 Å². The first-order valence-corrected chi connectivity index (χ1v) is 5.49. The van der Waals surface area contributed by atoms with Gasteiger partial charge in [-0.3, -0.25) is 4.79 Å². The SMILES string of the molecule is CN(C)C(=O)c1cc(OC2CC2)c(Cl)cn1. The summed E-state index contributed by atoms with van der Waals surface area (Å²) in [5.41, 5.74) is 0.352. The molecule has 0 N–H and O–H groups in total. The summed E-state index contributed by atoms with van der Waals surface area (Å²) in [7, 11) is 3.36. The van der Waals surface area contributed by atoms with E-state index in [1.165, 1.54) is 11.1 Å². The van der Waals surface area contributed by atoms with Gasteiger partial charge >= 0.3 is 0 Å². The highest BCUT2D eigenvalue weighted by Crippen LogP contribution is 2.31. The van der Waals surface area contributed by atoms with E-state index in [-0.39, 0.29) is 12.0 Å². The minimum absolute atomic E-state index is 0.155. The topological polar surface area (TPSA) is 42.4 Å². The molecule has 0 aromatic carbocycles. The van der Waals surface area contributed by atoms with Gasteiger partial charge in [-0.15, -0.1) is 0 Å². The lowest BCUT2D eigenvalue weighted by Crippen LogP contribution is -2.22. The highest BCUT2D eigenvalue weighted by atomic mass is 35.5. The Labute approximate surface area is 99.2 Å². The number of carbonyl (C=O) groups is 1. The van der Waals surface area contributed by atoms with Crippen LogP contribution in [-0.4, -0.2) is 36.0 Å². The molecule has 16 heavy (non-hydrogen) atoms. The van der Waals surface area contributed by atoms with E-state index in [2.05, 4.69) is 4.98 Å². The lowest BCUT2D eigenvalue weighted by Gasteiger charge is -2.11. The van der Waals surface area contributed by atoms with Crippen LogP contribution in [0.2, 0.25) is 5.02 Å². The molecule has 1 fully saturated rings. The number of hydrogen-bond acceptors (Lipinski definition) is 3. The van der Waals surface area contributed by atoms with Gasteiger partial charge in [0.15, 0.2) is 0 Å². The fourth-order valence-electron chi connectivity index (χ4n) is 1.22. The maximum atomic E-state index is 11.7. The van der Waals surface area contributed by atoms with Crippen molar-refractivity contribution in [3.63, 3.8) is 0 Å². The molecule has 5 heteroatoms. The zero-order valence-corrected chi connectivity index (χ0v) is 9.99. The predicted molar refractivity (Wildman–Crippen MR) is 60.9 cm³/mol. The summed E-state index contributed by atoms with van der Waals surface area (Å²) in [4.78, 5) is 17.1. The van der Waals surface area contributed by atoms with Crippen molar-refractivity contribution in [1.29, 1.82) is 0 Å². The van der Waals surface area contributed by atoms with Gasteiger partial charge in [-0.25, -0.2) is 4.98 Å². The summed E-state index contributed by atoms with van der Waals surface area (Å²) in [6, 6.07) is 1.60. The lowest BCUT2D eigenvalue weighted by molar-refractivity contribution is 0.0821. The average Bonchev–Trinajstić information content (AvgIpc) is 3.04. The van der Waals surface area contributed by atoms with Crippen LogP contribution in [0.1, 0.15) is 23.3 Å². The second-order valence-corrected chi connectivity index (χ2v) is 4.42. The molecule has 86 valence electrons. The quantitative estimate of drug-likeness (QED) is 0.811. The summed E-state index contributed by atoms with van der Waals surface area (Å²) < 4.78 is 5.58. The average molecular weight is 241 g/mol. The van der Waals surface area contributed by atoms with Crippen LogP contribution in [0.3, 0.4) is 0 Å². The van der Waals surface area contributed by atoms with E-state index < -0.39 is 0 Å². The molecule has 1 aliphatic carbocycles. The number of hydrogen-bond donors (Lipinski definition) is 0. The number of amides is 1. The summed E-state index contributed by atoms with van der Waals surface area (Å²) in [6.45, 7) is 0. The highest BCUT2D eigenvalue weighted by molar-refractivity contribution is 6.32. The van der Waals surface area contributed by atoms with Crippen molar-refractivity contribution in [2.75, 3.05) is 14.1 Å². The van der Waals surface area contributed by atoms with Crippen molar-refractivity contribution >= 4 is 17.5 Å². The molecule has 0 bridgehead atoms. The third-order valence-corrected chi connectivity index (χ3v) is 2.55. The van der Waals surface area contributed by atoms with Gasteiger partial charge in [0.1, 0.15) is 16.5 Å². The number of carbonyl (C=O) groups excluding carboxylic acids is 1. The Bertz CT molecular complexity index is 416. The van der Waals surface area contributed by atoms with Crippen molar-refractivity contribution < 1.29 is 9.53 Å². The van der Waals surface area contributed by atoms with Crippen molar-refractivity contribution in [1.82, 2.24) is 9.88 Å². The van der Waals surface area contributed by atoms with E-state index in [4.69, 9.17) is 16.3 Å². The fourth-order valence-corrected chi connectivity index (χ4v) is 1.37. The molecule has 4 nitrogen and oxygen atoms in total. The van der Waals surface area contributed by atoms with Crippen LogP contribution in [-0.2, 0) is 0 Å².